The van der Waals surface area contributed by atoms with Gasteiger partial charge in [0.05, 0.1) is 30.0 Å². The maximum atomic E-state index is 12.2. The van der Waals surface area contributed by atoms with Gasteiger partial charge in [0.15, 0.2) is 9.84 Å². The topological polar surface area (TPSA) is 118 Å². The summed E-state index contributed by atoms with van der Waals surface area (Å²) in [5, 5.41) is 8.86. The molecule has 1 aliphatic rings. The van der Waals surface area contributed by atoms with Gasteiger partial charge in [0.2, 0.25) is 5.91 Å². The summed E-state index contributed by atoms with van der Waals surface area (Å²) in [7, 11) is -3.29. The molecule has 116 valence electrons. The van der Waals surface area contributed by atoms with Crippen molar-refractivity contribution >= 4 is 21.7 Å². The lowest BCUT2D eigenvalue weighted by atomic mass is 10.0. The van der Waals surface area contributed by atoms with Crippen molar-refractivity contribution in [2.24, 2.45) is 11.7 Å². The van der Waals surface area contributed by atoms with Crippen LogP contribution in [0.5, 0.6) is 0 Å². The van der Waals surface area contributed by atoms with E-state index in [1.54, 1.807) is 0 Å². The van der Waals surface area contributed by atoms with Crippen LogP contribution in [0, 0.1) is 5.92 Å². The number of carboxylic acids is 1. The SMILES string of the molecule is CC(C)C[C@H](N)C(=O)N1CCS(=O)(=O)CC1CC(=O)O. The molecule has 0 aliphatic carbocycles. The Hall–Kier alpha value is -1.15. The van der Waals surface area contributed by atoms with Crippen LogP contribution in [-0.4, -0.2) is 60.4 Å². The monoisotopic (exact) mass is 306 g/mol. The quantitative estimate of drug-likeness (QED) is 0.704. The molecule has 1 amide bonds. The Bertz CT molecular complexity index is 474. The molecule has 1 aliphatic heterocycles. The number of carboxylic acid groups (broad SMARTS) is 1. The molecule has 3 N–H and O–H groups in total. The molecule has 0 aromatic rings. The number of rotatable bonds is 5. The predicted octanol–water partition coefficient (Wildman–Crippen LogP) is -0.540. The smallest absolute Gasteiger partial charge is 0.305 e. The first-order valence-corrected chi connectivity index (χ1v) is 8.43. The van der Waals surface area contributed by atoms with Crippen LogP contribution in [0.4, 0.5) is 0 Å². The molecule has 0 aromatic carbocycles. The van der Waals surface area contributed by atoms with Gasteiger partial charge in [-0.15, -0.1) is 0 Å². The van der Waals surface area contributed by atoms with Crippen molar-refractivity contribution in [3.63, 3.8) is 0 Å². The molecule has 0 saturated carbocycles. The molecule has 1 saturated heterocycles. The summed E-state index contributed by atoms with van der Waals surface area (Å²) < 4.78 is 23.2. The fraction of sp³-hybridized carbons (Fsp3) is 0.833. The molecule has 0 spiro atoms. The largest absolute Gasteiger partial charge is 0.481 e. The summed E-state index contributed by atoms with van der Waals surface area (Å²) in [6.45, 7) is 3.88. The molecule has 1 fully saturated rings. The van der Waals surface area contributed by atoms with Gasteiger partial charge in [0.25, 0.3) is 0 Å². The van der Waals surface area contributed by atoms with E-state index in [1.165, 1.54) is 4.90 Å². The van der Waals surface area contributed by atoms with Crippen molar-refractivity contribution in [3.05, 3.63) is 0 Å². The summed E-state index contributed by atoms with van der Waals surface area (Å²) in [5.41, 5.74) is 5.82. The van der Waals surface area contributed by atoms with E-state index in [9.17, 15) is 18.0 Å². The standard InChI is InChI=1S/C12H22N2O5S/c1-8(2)5-10(13)12(17)14-3-4-20(18,19)7-9(14)6-11(15)16/h8-10H,3-7,13H2,1-2H3,(H,15,16)/t9?,10-/m0/s1. The van der Waals surface area contributed by atoms with E-state index in [4.69, 9.17) is 10.8 Å². The number of amides is 1. The van der Waals surface area contributed by atoms with Crippen LogP contribution in [0.15, 0.2) is 0 Å². The van der Waals surface area contributed by atoms with Crippen LogP contribution in [0.2, 0.25) is 0 Å². The molecule has 20 heavy (non-hydrogen) atoms. The van der Waals surface area contributed by atoms with Gasteiger partial charge in [0.1, 0.15) is 0 Å². The lowest BCUT2D eigenvalue weighted by Crippen LogP contribution is -2.56. The predicted molar refractivity (Wildman–Crippen MR) is 73.8 cm³/mol. The van der Waals surface area contributed by atoms with Crippen molar-refractivity contribution in [1.29, 1.82) is 0 Å². The zero-order chi connectivity index (χ0) is 15.5. The van der Waals surface area contributed by atoms with E-state index in [2.05, 4.69) is 0 Å². The number of aliphatic carboxylic acids is 1. The molecule has 0 radical (unpaired) electrons. The molecule has 8 heteroatoms. The second-order valence-electron chi connectivity index (χ2n) is 5.63. The third-order valence-electron chi connectivity index (χ3n) is 3.27. The number of hydrogen-bond donors (Lipinski definition) is 2. The zero-order valence-corrected chi connectivity index (χ0v) is 12.6. The fourth-order valence-corrected chi connectivity index (χ4v) is 3.89. The van der Waals surface area contributed by atoms with Gasteiger partial charge in [-0.1, -0.05) is 13.8 Å². The highest BCUT2D eigenvalue weighted by Gasteiger charge is 2.37. The van der Waals surface area contributed by atoms with Gasteiger partial charge in [-0.05, 0) is 12.3 Å². The highest BCUT2D eigenvalue weighted by atomic mass is 32.2. The van der Waals surface area contributed by atoms with E-state index in [-0.39, 0.29) is 36.3 Å². The summed E-state index contributed by atoms with van der Waals surface area (Å²) >= 11 is 0. The Kier molecular flexibility index (Phi) is 5.52. The van der Waals surface area contributed by atoms with Crippen LogP contribution in [-0.2, 0) is 19.4 Å². The van der Waals surface area contributed by atoms with E-state index >= 15 is 0 Å². The summed E-state index contributed by atoms with van der Waals surface area (Å²) in [5.74, 6) is -1.69. The van der Waals surface area contributed by atoms with Crippen LogP contribution in [0.25, 0.3) is 0 Å². The molecule has 0 aromatic heterocycles. The molecule has 0 bridgehead atoms. The summed E-state index contributed by atoms with van der Waals surface area (Å²) in [6, 6.07) is -1.54. The number of nitrogens with zero attached hydrogens (tertiary/aromatic N) is 1. The van der Waals surface area contributed by atoms with Gasteiger partial charge in [-0.2, -0.15) is 0 Å². The van der Waals surface area contributed by atoms with Crippen molar-refractivity contribution < 1.29 is 23.1 Å². The van der Waals surface area contributed by atoms with E-state index < -0.39 is 27.9 Å². The molecule has 1 heterocycles. The van der Waals surface area contributed by atoms with E-state index in [0.29, 0.717) is 6.42 Å². The fourth-order valence-electron chi connectivity index (χ4n) is 2.37. The van der Waals surface area contributed by atoms with Crippen LogP contribution in [0.3, 0.4) is 0 Å². The van der Waals surface area contributed by atoms with Gasteiger partial charge in [-0.3, -0.25) is 9.59 Å². The van der Waals surface area contributed by atoms with Crippen LogP contribution < -0.4 is 5.73 Å². The Balaban J connectivity index is 2.84. The number of carbonyl (C=O) groups excluding carboxylic acids is 1. The zero-order valence-electron chi connectivity index (χ0n) is 11.8. The molecular weight excluding hydrogens is 284 g/mol. The molecular formula is C12H22N2O5S. The highest BCUT2D eigenvalue weighted by molar-refractivity contribution is 7.91. The Morgan fingerprint density at radius 3 is 2.50 bits per heavy atom. The first-order chi connectivity index (χ1) is 9.12. The van der Waals surface area contributed by atoms with Gasteiger partial charge in [0, 0.05) is 6.54 Å². The Morgan fingerprint density at radius 2 is 2.00 bits per heavy atom. The second-order valence-corrected chi connectivity index (χ2v) is 7.86. The maximum absolute atomic E-state index is 12.2. The summed E-state index contributed by atoms with van der Waals surface area (Å²) in [4.78, 5) is 24.4. The number of hydrogen-bond acceptors (Lipinski definition) is 5. The molecule has 1 rings (SSSR count). The minimum atomic E-state index is -3.29. The molecule has 2 atom stereocenters. The van der Waals surface area contributed by atoms with Crippen molar-refractivity contribution in [2.45, 2.75) is 38.8 Å². The number of carbonyl (C=O) groups is 2. The first kappa shape index (κ1) is 16.9. The van der Waals surface area contributed by atoms with Gasteiger partial charge < -0.3 is 15.7 Å². The molecule has 7 nitrogen and oxygen atoms in total. The normalized spacial score (nSPS) is 23.6. The summed E-state index contributed by atoms with van der Waals surface area (Å²) in [6.07, 6.45) is 0.112. The Morgan fingerprint density at radius 1 is 1.40 bits per heavy atom. The van der Waals surface area contributed by atoms with Crippen molar-refractivity contribution in [3.8, 4) is 0 Å². The molecule has 1 unspecified atom stereocenters. The minimum absolute atomic E-state index is 0.0188. The average Bonchev–Trinajstić information content (AvgIpc) is 2.25. The van der Waals surface area contributed by atoms with Crippen molar-refractivity contribution in [2.75, 3.05) is 18.1 Å². The second kappa shape index (κ2) is 6.53. The van der Waals surface area contributed by atoms with Crippen LogP contribution in [0.1, 0.15) is 26.7 Å². The third kappa shape index (κ3) is 4.75. The van der Waals surface area contributed by atoms with Crippen molar-refractivity contribution in [1.82, 2.24) is 4.90 Å². The number of nitrogens with two attached hydrogens (primary N) is 1. The van der Waals surface area contributed by atoms with Gasteiger partial charge >= 0.3 is 5.97 Å². The van der Waals surface area contributed by atoms with E-state index in [0.717, 1.165) is 0 Å². The minimum Gasteiger partial charge on any atom is -0.481 e. The lowest BCUT2D eigenvalue weighted by molar-refractivity contribution is -0.141. The third-order valence-corrected chi connectivity index (χ3v) is 4.96. The maximum Gasteiger partial charge on any atom is 0.305 e. The average molecular weight is 306 g/mol. The van der Waals surface area contributed by atoms with Gasteiger partial charge in [-0.25, -0.2) is 8.42 Å². The highest BCUT2D eigenvalue weighted by Crippen LogP contribution is 2.17. The van der Waals surface area contributed by atoms with E-state index in [1.807, 2.05) is 13.8 Å². The van der Waals surface area contributed by atoms with Crippen LogP contribution >= 0.6 is 0 Å². The first-order valence-electron chi connectivity index (χ1n) is 6.60. The Labute approximate surface area is 119 Å². The lowest BCUT2D eigenvalue weighted by Gasteiger charge is -2.36. The number of sulfone groups is 1.